The fourth-order valence-electron chi connectivity index (χ4n) is 3.12. The molecule has 0 atom stereocenters. The van der Waals surface area contributed by atoms with E-state index in [2.05, 4.69) is 5.10 Å². The molecule has 8 heteroatoms. The van der Waals surface area contributed by atoms with Gasteiger partial charge in [-0.25, -0.2) is 4.68 Å². The molecule has 29 heavy (non-hydrogen) atoms. The van der Waals surface area contributed by atoms with Gasteiger partial charge in [0, 0.05) is 26.6 Å². The van der Waals surface area contributed by atoms with Crippen molar-refractivity contribution in [1.82, 2.24) is 9.78 Å². The van der Waals surface area contributed by atoms with Crippen molar-refractivity contribution in [2.24, 2.45) is 0 Å². The highest BCUT2D eigenvalue weighted by molar-refractivity contribution is 7.09. The topological polar surface area (TPSA) is 74.3 Å². The van der Waals surface area contributed by atoms with E-state index in [9.17, 15) is 9.59 Å². The van der Waals surface area contributed by atoms with Crippen LogP contribution in [0.15, 0.2) is 44.2 Å². The summed E-state index contributed by atoms with van der Waals surface area (Å²) in [7, 11) is 0. The van der Waals surface area contributed by atoms with Gasteiger partial charge in [-0.05, 0) is 45.0 Å². The van der Waals surface area contributed by atoms with Crippen molar-refractivity contribution in [2.75, 3.05) is 0 Å². The number of rotatable bonds is 4. The van der Waals surface area contributed by atoms with Crippen molar-refractivity contribution in [3.8, 4) is 0 Å². The van der Waals surface area contributed by atoms with E-state index in [1.165, 1.54) is 16.0 Å². The maximum atomic E-state index is 12.9. The van der Waals surface area contributed by atoms with E-state index in [4.69, 9.17) is 20.8 Å². The van der Waals surface area contributed by atoms with Crippen molar-refractivity contribution in [3.63, 3.8) is 0 Å². The van der Waals surface area contributed by atoms with Crippen LogP contribution in [0.2, 0.25) is 5.02 Å². The first kappa shape index (κ1) is 19.7. The maximum absolute atomic E-state index is 12.9. The number of carbonyl (C=O) groups excluding carboxylic acids is 1. The van der Waals surface area contributed by atoms with Crippen LogP contribution in [-0.2, 0) is 22.5 Å². The number of furan rings is 1. The number of esters is 1. The molecule has 3 heterocycles. The minimum atomic E-state index is -0.588. The molecule has 0 amide bonds. The number of benzene rings is 1. The molecule has 4 rings (SSSR count). The van der Waals surface area contributed by atoms with E-state index >= 15 is 0 Å². The van der Waals surface area contributed by atoms with Crippen LogP contribution in [-0.4, -0.2) is 21.4 Å². The van der Waals surface area contributed by atoms with E-state index < -0.39 is 5.60 Å². The van der Waals surface area contributed by atoms with Crippen molar-refractivity contribution in [1.29, 1.82) is 0 Å². The van der Waals surface area contributed by atoms with Gasteiger partial charge >= 0.3 is 5.97 Å². The molecule has 6 nitrogen and oxygen atoms in total. The second-order valence-corrected chi connectivity index (χ2v) is 8.95. The minimum absolute atomic E-state index is 0.0134. The monoisotopic (exact) mass is 430 g/mol. The van der Waals surface area contributed by atoms with Crippen molar-refractivity contribution < 1.29 is 13.9 Å². The number of aromatic nitrogens is 2. The van der Waals surface area contributed by atoms with E-state index in [0.717, 1.165) is 5.39 Å². The highest BCUT2D eigenvalue weighted by Gasteiger charge is 2.20. The molecule has 0 saturated carbocycles. The number of hydrogen-bond acceptors (Lipinski definition) is 6. The smallest absolute Gasteiger partial charge is 0.312 e. The molecule has 0 aliphatic heterocycles. The van der Waals surface area contributed by atoms with Gasteiger partial charge in [0.25, 0.3) is 5.56 Å². The molecule has 3 aromatic heterocycles. The summed E-state index contributed by atoms with van der Waals surface area (Å²) in [4.78, 5) is 25.2. The van der Waals surface area contributed by atoms with Crippen LogP contribution in [0.3, 0.4) is 0 Å². The van der Waals surface area contributed by atoms with Gasteiger partial charge in [0.2, 0.25) is 0 Å². The summed E-state index contributed by atoms with van der Waals surface area (Å²) in [6, 6.07) is 7.17. The van der Waals surface area contributed by atoms with E-state index in [1.54, 1.807) is 23.6 Å². The summed E-state index contributed by atoms with van der Waals surface area (Å²) in [6.45, 7) is 5.59. The highest BCUT2D eigenvalue weighted by atomic mass is 35.5. The van der Waals surface area contributed by atoms with Gasteiger partial charge in [0.15, 0.2) is 0 Å². The molecule has 0 aliphatic carbocycles. The Morgan fingerprint density at radius 3 is 2.76 bits per heavy atom. The lowest BCUT2D eigenvalue weighted by Crippen LogP contribution is -2.28. The predicted molar refractivity (Wildman–Crippen MR) is 114 cm³/mol. The second kappa shape index (κ2) is 7.31. The summed E-state index contributed by atoms with van der Waals surface area (Å²) >= 11 is 7.43. The zero-order valence-corrected chi connectivity index (χ0v) is 17.8. The van der Waals surface area contributed by atoms with E-state index in [-0.39, 0.29) is 24.5 Å². The Morgan fingerprint density at radius 2 is 2.00 bits per heavy atom. The molecule has 0 saturated heterocycles. The number of nitrogens with zero attached hydrogens (tertiary/aromatic N) is 2. The fraction of sp³-hybridized carbons (Fsp3) is 0.286. The molecule has 1 aromatic carbocycles. The molecular weight excluding hydrogens is 412 g/mol. The lowest BCUT2D eigenvalue weighted by Gasteiger charge is -2.19. The normalized spacial score (nSPS) is 12.0. The number of ether oxygens (including phenoxy) is 1. The molecule has 4 aromatic rings. The lowest BCUT2D eigenvalue weighted by molar-refractivity contribution is -0.153. The quantitative estimate of drug-likeness (QED) is 0.435. The Hall–Kier alpha value is -2.64. The van der Waals surface area contributed by atoms with Crippen LogP contribution in [0.1, 0.15) is 32.2 Å². The molecule has 0 N–H and O–H groups in total. The molecule has 0 spiro atoms. The number of halogens is 1. The molecular formula is C21H19ClN2O4S. The first-order chi connectivity index (χ1) is 13.7. The standard InChI is InChI=1S/C21H19ClN2O4S/c1-21(2,3)28-19(25)8-17-15-10-29-11-16(15)20(26)24(23-17)9-14-7-12-6-13(22)4-5-18(12)27-14/h4-7,10-11H,8-9H2,1-3H3. The van der Waals surface area contributed by atoms with Gasteiger partial charge in [-0.2, -0.15) is 16.4 Å². The third kappa shape index (κ3) is 4.21. The molecule has 0 aliphatic rings. The number of hydrogen-bond donors (Lipinski definition) is 0. The van der Waals surface area contributed by atoms with Gasteiger partial charge < -0.3 is 9.15 Å². The number of fused-ring (bicyclic) bond motifs is 2. The molecule has 0 bridgehead atoms. The SMILES string of the molecule is CC(C)(C)OC(=O)Cc1nn(Cc2cc3cc(Cl)ccc3o2)c(=O)c2cscc12. The summed E-state index contributed by atoms with van der Waals surface area (Å²) < 4.78 is 12.6. The largest absolute Gasteiger partial charge is 0.460 e. The molecule has 150 valence electrons. The van der Waals surface area contributed by atoms with Gasteiger partial charge in [-0.15, -0.1) is 0 Å². The van der Waals surface area contributed by atoms with Crippen LogP contribution < -0.4 is 5.56 Å². The Bertz CT molecular complexity index is 1280. The first-order valence-electron chi connectivity index (χ1n) is 9.05. The summed E-state index contributed by atoms with van der Waals surface area (Å²) in [5.74, 6) is 0.191. The van der Waals surface area contributed by atoms with Crippen molar-refractivity contribution in [3.05, 3.63) is 61.9 Å². The summed E-state index contributed by atoms with van der Waals surface area (Å²) in [5.41, 5.74) is 0.374. The van der Waals surface area contributed by atoms with Crippen LogP contribution in [0.25, 0.3) is 21.7 Å². The number of thiophene rings is 1. The van der Waals surface area contributed by atoms with Crippen LogP contribution in [0.4, 0.5) is 0 Å². The van der Waals surface area contributed by atoms with E-state index in [1.807, 2.05) is 32.2 Å². The van der Waals surface area contributed by atoms with Gasteiger partial charge in [0.05, 0.1) is 17.5 Å². The number of carbonyl (C=O) groups is 1. The first-order valence-corrected chi connectivity index (χ1v) is 10.4. The van der Waals surface area contributed by atoms with Gasteiger partial charge in [-0.3, -0.25) is 9.59 Å². The van der Waals surface area contributed by atoms with Gasteiger partial charge in [0.1, 0.15) is 23.5 Å². The maximum Gasteiger partial charge on any atom is 0.312 e. The zero-order valence-electron chi connectivity index (χ0n) is 16.2. The molecule has 0 fully saturated rings. The zero-order chi connectivity index (χ0) is 20.8. The average Bonchev–Trinajstić information content (AvgIpc) is 3.23. The van der Waals surface area contributed by atoms with Crippen molar-refractivity contribution in [2.45, 2.75) is 39.3 Å². The van der Waals surface area contributed by atoms with Crippen LogP contribution in [0, 0.1) is 0 Å². The van der Waals surface area contributed by atoms with E-state index in [0.29, 0.717) is 32.8 Å². The summed E-state index contributed by atoms with van der Waals surface area (Å²) in [5, 5.41) is 10.7. The molecule has 0 unspecified atom stereocenters. The van der Waals surface area contributed by atoms with Crippen LogP contribution in [0.5, 0.6) is 0 Å². The Balaban J connectivity index is 1.71. The average molecular weight is 431 g/mol. The minimum Gasteiger partial charge on any atom is -0.460 e. The van der Waals surface area contributed by atoms with Gasteiger partial charge in [-0.1, -0.05) is 11.6 Å². The highest BCUT2D eigenvalue weighted by Crippen LogP contribution is 2.24. The van der Waals surface area contributed by atoms with Crippen LogP contribution >= 0.6 is 22.9 Å². The lowest BCUT2D eigenvalue weighted by atomic mass is 10.1. The Morgan fingerprint density at radius 1 is 1.24 bits per heavy atom. The Labute approximate surface area is 175 Å². The fourth-order valence-corrected chi connectivity index (χ4v) is 4.13. The molecule has 0 radical (unpaired) electrons. The summed E-state index contributed by atoms with van der Waals surface area (Å²) in [6.07, 6.45) is -0.0134. The third-order valence-corrected chi connectivity index (χ3v) is 5.22. The Kier molecular flexibility index (Phi) is 4.96. The van der Waals surface area contributed by atoms with Crippen molar-refractivity contribution >= 4 is 50.6 Å². The second-order valence-electron chi connectivity index (χ2n) is 7.77. The third-order valence-electron chi connectivity index (χ3n) is 4.25. The predicted octanol–water partition coefficient (Wildman–Crippen LogP) is 4.79.